The van der Waals surface area contributed by atoms with Crippen molar-refractivity contribution < 1.29 is 0 Å². The number of nitrogens with one attached hydrogen (secondary N) is 2. The molecule has 2 rings (SSSR count). The number of hydrogen-bond acceptors (Lipinski definition) is 2. The molecule has 0 bridgehead atoms. The summed E-state index contributed by atoms with van der Waals surface area (Å²) in [6.07, 6.45) is 3.80. The standard InChI is InChI=1S/C14H21BrN2/c1-11(12-4-2-5-13(15)10-12)17-14-6-3-8-16-9-7-14/h2,4-5,10-11,14,16-17H,3,6-9H2,1H3. The molecule has 1 fully saturated rings. The summed E-state index contributed by atoms with van der Waals surface area (Å²) in [6.45, 7) is 4.56. The molecule has 2 atom stereocenters. The third kappa shape index (κ3) is 4.09. The van der Waals surface area contributed by atoms with Crippen molar-refractivity contribution >= 4 is 15.9 Å². The summed E-state index contributed by atoms with van der Waals surface area (Å²) >= 11 is 3.53. The largest absolute Gasteiger partial charge is 0.317 e. The van der Waals surface area contributed by atoms with Crippen LogP contribution >= 0.6 is 15.9 Å². The van der Waals surface area contributed by atoms with Crippen molar-refractivity contribution in [1.29, 1.82) is 0 Å². The number of rotatable bonds is 3. The van der Waals surface area contributed by atoms with Crippen LogP contribution in [-0.4, -0.2) is 19.1 Å². The van der Waals surface area contributed by atoms with Gasteiger partial charge in [0.2, 0.25) is 0 Å². The Balaban J connectivity index is 1.93. The Morgan fingerprint density at radius 1 is 1.35 bits per heavy atom. The quantitative estimate of drug-likeness (QED) is 0.895. The minimum absolute atomic E-state index is 0.426. The van der Waals surface area contributed by atoms with Gasteiger partial charge in [-0.15, -0.1) is 0 Å². The summed E-state index contributed by atoms with van der Waals surface area (Å²) in [5.41, 5.74) is 1.36. The monoisotopic (exact) mass is 296 g/mol. The molecule has 1 aliphatic rings. The highest BCUT2D eigenvalue weighted by Gasteiger charge is 2.15. The zero-order valence-electron chi connectivity index (χ0n) is 10.4. The lowest BCUT2D eigenvalue weighted by atomic mass is 10.0. The zero-order chi connectivity index (χ0) is 12.1. The van der Waals surface area contributed by atoms with E-state index in [1.807, 2.05) is 0 Å². The van der Waals surface area contributed by atoms with Gasteiger partial charge in [0, 0.05) is 16.6 Å². The molecule has 1 aromatic rings. The van der Waals surface area contributed by atoms with Gasteiger partial charge in [-0.1, -0.05) is 28.1 Å². The Morgan fingerprint density at radius 2 is 2.24 bits per heavy atom. The predicted octanol–water partition coefficient (Wildman–Crippen LogP) is 3.24. The van der Waals surface area contributed by atoms with E-state index < -0.39 is 0 Å². The molecular formula is C14H21BrN2. The zero-order valence-corrected chi connectivity index (χ0v) is 12.0. The molecule has 0 saturated carbocycles. The maximum Gasteiger partial charge on any atom is 0.0294 e. The maximum absolute atomic E-state index is 3.74. The van der Waals surface area contributed by atoms with Gasteiger partial charge >= 0.3 is 0 Å². The molecule has 1 aliphatic heterocycles. The van der Waals surface area contributed by atoms with Gasteiger partial charge in [0.05, 0.1) is 0 Å². The van der Waals surface area contributed by atoms with Gasteiger partial charge in [-0.25, -0.2) is 0 Å². The second kappa shape index (κ2) is 6.53. The molecule has 1 heterocycles. The fourth-order valence-electron chi connectivity index (χ4n) is 2.41. The summed E-state index contributed by atoms with van der Waals surface area (Å²) in [4.78, 5) is 0. The molecule has 0 aromatic heterocycles. The first-order valence-corrected chi connectivity index (χ1v) is 7.27. The average molecular weight is 297 g/mol. The second-order valence-electron chi connectivity index (χ2n) is 4.82. The van der Waals surface area contributed by atoms with Gasteiger partial charge < -0.3 is 10.6 Å². The van der Waals surface area contributed by atoms with Crippen LogP contribution in [0.3, 0.4) is 0 Å². The summed E-state index contributed by atoms with van der Waals surface area (Å²) in [5, 5.41) is 7.19. The van der Waals surface area contributed by atoms with E-state index in [9.17, 15) is 0 Å². The Labute approximate surface area is 112 Å². The van der Waals surface area contributed by atoms with E-state index in [-0.39, 0.29) is 0 Å². The lowest BCUT2D eigenvalue weighted by Crippen LogP contribution is -2.32. The summed E-state index contributed by atoms with van der Waals surface area (Å²) in [6, 6.07) is 9.65. The molecule has 1 aromatic carbocycles. The van der Waals surface area contributed by atoms with Gasteiger partial charge in [0.25, 0.3) is 0 Å². The third-order valence-electron chi connectivity index (χ3n) is 3.41. The SMILES string of the molecule is CC(NC1CCCNCC1)c1cccc(Br)c1. The van der Waals surface area contributed by atoms with Crippen LogP contribution in [0.2, 0.25) is 0 Å². The minimum atomic E-state index is 0.426. The molecule has 2 N–H and O–H groups in total. The van der Waals surface area contributed by atoms with E-state index in [0.717, 1.165) is 11.0 Å². The van der Waals surface area contributed by atoms with Crippen molar-refractivity contribution in [2.24, 2.45) is 0 Å². The maximum atomic E-state index is 3.74. The van der Waals surface area contributed by atoms with E-state index in [2.05, 4.69) is 57.8 Å². The van der Waals surface area contributed by atoms with Gasteiger partial charge in [-0.3, -0.25) is 0 Å². The molecule has 17 heavy (non-hydrogen) atoms. The van der Waals surface area contributed by atoms with E-state index >= 15 is 0 Å². The highest BCUT2D eigenvalue weighted by atomic mass is 79.9. The molecule has 2 unspecified atom stereocenters. The highest BCUT2D eigenvalue weighted by Crippen LogP contribution is 2.19. The van der Waals surface area contributed by atoms with Crippen molar-refractivity contribution in [2.45, 2.75) is 38.3 Å². The number of halogens is 1. The molecule has 0 radical (unpaired) electrons. The Morgan fingerprint density at radius 3 is 3.06 bits per heavy atom. The van der Waals surface area contributed by atoms with E-state index in [4.69, 9.17) is 0 Å². The van der Waals surface area contributed by atoms with Crippen LogP contribution in [0.15, 0.2) is 28.7 Å². The molecule has 1 saturated heterocycles. The predicted molar refractivity (Wildman–Crippen MR) is 76.2 cm³/mol. The van der Waals surface area contributed by atoms with Crippen molar-refractivity contribution in [3.63, 3.8) is 0 Å². The van der Waals surface area contributed by atoms with Crippen molar-refractivity contribution in [1.82, 2.24) is 10.6 Å². The lowest BCUT2D eigenvalue weighted by molar-refractivity contribution is 0.421. The van der Waals surface area contributed by atoms with Gasteiger partial charge in [0.15, 0.2) is 0 Å². The summed E-state index contributed by atoms with van der Waals surface area (Å²) in [7, 11) is 0. The first kappa shape index (κ1) is 13.1. The van der Waals surface area contributed by atoms with Crippen LogP contribution < -0.4 is 10.6 Å². The lowest BCUT2D eigenvalue weighted by Gasteiger charge is -2.22. The number of hydrogen-bond donors (Lipinski definition) is 2. The molecular weight excluding hydrogens is 276 g/mol. The second-order valence-corrected chi connectivity index (χ2v) is 5.74. The van der Waals surface area contributed by atoms with Crippen LogP contribution in [0.5, 0.6) is 0 Å². The van der Waals surface area contributed by atoms with E-state index in [0.29, 0.717) is 12.1 Å². The molecule has 0 aliphatic carbocycles. The van der Waals surface area contributed by atoms with E-state index in [1.54, 1.807) is 0 Å². The summed E-state index contributed by atoms with van der Waals surface area (Å²) in [5.74, 6) is 0. The normalized spacial score (nSPS) is 23.1. The topological polar surface area (TPSA) is 24.1 Å². The smallest absolute Gasteiger partial charge is 0.0294 e. The van der Waals surface area contributed by atoms with Crippen molar-refractivity contribution in [2.75, 3.05) is 13.1 Å². The fraction of sp³-hybridized carbons (Fsp3) is 0.571. The first-order chi connectivity index (χ1) is 8.25. The fourth-order valence-corrected chi connectivity index (χ4v) is 2.83. The Hall–Kier alpha value is -0.380. The van der Waals surface area contributed by atoms with Gasteiger partial charge in [-0.05, 0) is 57.0 Å². The highest BCUT2D eigenvalue weighted by molar-refractivity contribution is 9.10. The van der Waals surface area contributed by atoms with Crippen molar-refractivity contribution in [3.05, 3.63) is 34.3 Å². The Bertz CT molecular complexity index is 346. The average Bonchev–Trinajstić information content (AvgIpc) is 2.57. The first-order valence-electron chi connectivity index (χ1n) is 6.48. The minimum Gasteiger partial charge on any atom is -0.317 e. The van der Waals surface area contributed by atoms with E-state index in [1.165, 1.54) is 31.4 Å². The molecule has 0 spiro atoms. The van der Waals surface area contributed by atoms with Gasteiger partial charge in [0.1, 0.15) is 0 Å². The third-order valence-corrected chi connectivity index (χ3v) is 3.90. The van der Waals surface area contributed by atoms with Crippen LogP contribution in [-0.2, 0) is 0 Å². The van der Waals surface area contributed by atoms with Crippen LogP contribution in [0.1, 0.15) is 37.8 Å². The molecule has 94 valence electrons. The molecule has 2 nitrogen and oxygen atoms in total. The van der Waals surface area contributed by atoms with Crippen molar-refractivity contribution in [3.8, 4) is 0 Å². The summed E-state index contributed by atoms with van der Waals surface area (Å²) < 4.78 is 1.16. The molecule has 3 heteroatoms. The van der Waals surface area contributed by atoms with Crippen LogP contribution in [0.4, 0.5) is 0 Å². The number of benzene rings is 1. The van der Waals surface area contributed by atoms with Crippen LogP contribution in [0.25, 0.3) is 0 Å². The molecule has 0 amide bonds. The van der Waals surface area contributed by atoms with Gasteiger partial charge in [-0.2, -0.15) is 0 Å². The Kier molecular flexibility index (Phi) is 5.01. The van der Waals surface area contributed by atoms with Crippen LogP contribution in [0, 0.1) is 0 Å².